The van der Waals surface area contributed by atoms with E-state index in [9.17, 15) is 22.0 Å². The predicted octanol–water partition coefficient (Wildman–Crippen LogP) is 2.09. The normalized spacial score (nSPS) is 18.7. The summed E-state index contributed by atoms with van der Waals surface area (Å²) < 4.78 is 59.7. The van der Waals surface area contributed by atoms with Crippen LogP contribution in [-0.2, 0) is 18.5 Å². The molecule has 0 aromatic heterocycles. The number of benzene rings is 1. The molecule has 0 amide bonds. The summed E-state index contributed by atoms with van der Waals surface area (Å²) in [4.78, 5) is 10.8. The van der Waals surface area contributed by atoms with E-state index in [4.69, 9.17) is 20.2 Å². The molecule has 0 radical (unpaired) electrons. The second-order valence-corrected chi connectivity index (χ2v) is 7.03. The van der Waals surface area contributed by atoms with Gasteiger partial charge in [0.25, 0.3) is 9.05 Å². The van der Waals surface area contributed by atoms with Crippen LogP contribution in [0.25, 0.3) is 0 Å². The van der Waals surface area contributed by atoms with Crippen molar-refractivity contribution in [2.75, 3.05) is 19.8 Å². The van der Waals surface area contributed by atoms with Crippen molar-refractivity contribution in [1.29, 1.82) is 0 Å². The zero-order valence-corrected chi connectivity index (χ0v) is 12.2. The van der Waals surface area contributed by atoms with E-state index in [-0.39, 0.29) is 12.5 Å². The fourth-order valence-corrected chi connectivity index (χ4v) is 2.79. The van der Waals surface area contributed by atoms with Gasteiger partial charge in [0.05, 0.1) is 13.2 Å². The Balaban J connectivity index is 2.23. The summed E-state index contributed by atoms with van der Waals surface area (Å²) in [5, 5.41) is 0. The Hall–Kier alpha value is -1.25. The summed E-state index contributed by atoms with van der Waals surface area (Å²) in [6, 6.07) is 1.29. The molecule has 1 fully saturated rings. The largest absolute Gasteiger partial charge is 0.462 e. The zero-order chi connectivity index (χ0) is 15.6. The zero-order valence-electron chi connectivity index (χ0n) is 10.6. The van der Waals surface area contributed by atoms with Gasteiger partial charge in [-0.2, -0.15) is 0 Å². The van der Waals surface area contributed by atoms with Gasteiger partial charge in [-0.15, -0.1) is 0 Å². The Morgan fingerprint density at radius 3 is 2.71 bits per heavy atom. The quantitative estimate of drug-likeness (QED) is 0.620. The third-order valence-corrected chi connectivity index (χ3v) is 4.34. The van der Waals surface area contributed by atoms with Crippen LogP contribution in [0.5, 0.6) is 0 Å². The van der Waals surface area contributed by atoms with Crippen molar-refractivity contribution in [3.8, 4) is 0 Å². The Labute approximate surface area is 124 Å². The average Bonchev–Trinajstić information content (AvgIpc) is 2.87. The molecule has 21 heavy (non-hydrogen) atoms. The fraction of sp³-hybridized carbons (Fsp3) is 0.417. The lowest BCUT2D eigenvalue weighted by Crippen LogP contribution is -2.17. The second-order valence-electron chi connectivity index (χ2n) is 4.50. The molecule has 0 saturated carbocycles. The van der Waals surface area contributed by atoms with Crippen molar-refractivity contribution < 1.29 is 31.5 Å². The molecular formula is C12H11ClF2O5S. The highest BCUT2D eigenvalue weighted by Crippen LogP contribution is 2.25. The molecule has 1 atom stereocenters. The first-order valence-electron chi connectivity index (χ1n) is 5.98. The molecule has 1 heterocycles. The van der Waals surface area contributed by atoms with Crippen LogP contribution in [0.15, 0.2) is 17.0 Å². The molecule has 116 valence electrons. The fourth-order valence-electron chi connectivity index (χ4n) is 1.89. The van der Waals surface area contributed by atoms with Crippen molar-refractivity contribution in [2.24, 2.45) is 5.92 Å². The molecule has 0 N–H and O–H groups in total. The first kappa shape index (κ1) is 16.1. The van der Waals surface area contributed by atoms with Gasteiger partial charge in [0, 0.05) is 23.2 Å². The number of hydrogen-bond acceptors (Lipinski definition) is 5. The van der Waals surface area contributed by atoms with Crippen molar-refractivity contribution in [3.05, 3.63) is 29.3 Å². The SMILES string of the molecule is O=C(OCC1CCOC1)c1c(F)ccc(S(=O)(=O)Cl)c1F. The maximum Gasteiger partial charge on any atom is 0.344 e. The number of hydrogen-bond donors (Lipinski definition) is 0. The summed E-state index contributed by atoms with van der Waals surface area (Å²) in [5.41, 5.74) is -1.07. The third kappa shape index (κ3) is 3.69. The van der Waals surface area contributed by atoms with E-state index in [0.29, 0.717) is 31.8 Å². The minimum atomic E-state index is -4.43. The molecule has 2 rings (SSSR count). The monoisotopic (exact) mass is 340 g/mol. The van der Waals surface area contributed by atoms with E-state index in [2.05, 4.69) is 0 Å². The van der Waals surface area contributed by atoms with Gasteiger partial charge < -0.3 is 9.47 Å². The van der Waals surface area contributed by atoms with Gasteiger partial charge in [-0.3, -0.25) is 0 Å². The lowest BCUT2D eigenvalue weighted by molar-refractivity contribution is 0.0416. The van der Waals surface area contributed by atoms with E-state index in [1.807, 2.05) is 0 Å². The molecule has 0 aliphatic carbocycles. The molecule has 5 nitrogen and oxygen atoms in total. The minimum Gasteiger partial charge on any atom is -0.462 e. The number of carbonyl (C=O) groups is 1. The van der Waals surface area contributed by atoms with Crippen LogP contribution in [-0.4, -0.2) is 34.2 Å². The van der Waals surface area contributed by atoms with Crippen LogP contribution in [0.3, 0.4) is 0 Å². The van der Waals surface area contributed by atoms with Crippen LogP contribution in [0.2, 0.25) is 0 Å². The van der Waals surface area contributed by atoms with E-state index < -0.39 is 37.1 Å². The molecular weight excluding hydrogens is 330 g/mol. The van der Waals surface area contributed by atoms with E-state index in [0.717, 1.165) is 0 Å². The maximum absolute atomic E-state index is 14.0. The summed E-state index contributed by atoms with van der Waals surface area (Å²) in [5.74, 6) is -4.10. The number of ether oxygens (including phenoxy) is 2. The molecule has 0 bridgehead atoms. The number of carbonyl (C=O) groups excluding carboxylic acids is 1. The molecule has 1 unspecified atom stereocenters. The molecule has 1 aromatic rings. The molecule has 1 aromatic carbocycles. The summed E-state index contributed by atoms with van der Waals surface area (Å²) in [6.45, 7) is 0.870. The van der Waals surface area contributed by atoms with Crippen LogP contribution >= 0.6 is 10.7 Å². The Morgan fingerprint density at radius 2 is 2.14 bits per heavy atom. The molecule has 1 aliphatic rings. The van der Waals surface area contributed by atoms with E-state index in [1.54, 1.807) is 0 Å². The van der Waals surface area contributed by atoms with Crippen LogP contribution in [0.4, 0.5) is 8.78 Å². The van der Waals surface area contributed by atoms with Gasteiger partial charge in [0.15, 0.2) is 5.82 Å². The Morgan fingerprint density at radius 1 is 1.43 bits per heavy atom. The molecule has 9 heteroatoms. The highest BCUT2D eigenvalue weighted by Gasteiger charge is 2.28. The van der Waals surface area contributed by atoms with Gasteiger partial charge in [0.2, 0.25) is 0 Å². The second kappa shape index (κ2) is 6.25. The Bertz CT molecular complexity index is 656. The smallest absolute Gasteiger partial charge is 0.344 e. The first-order chi connectivity index (χ1) is 9.80. The number of rotatable bonds is 4. The first-order valence-corrected chi connectivity index (χ1v) is 8.29. The van der Waals surface area contributed by atoms with Gasteiger partial charge in [-0.05, 0) is 18.6 Å². The standard InChI is InChI=1S/C12H11ClF2O5S/c13-21(17,18)9-2-1-8(14)10(11(9)15)12(16)20-6-7-3-4-19-5-7/h1-2,7H,3-6H2. The topological polar surface area (TPSA) is 69.7 Å². The highest BCUT2D eigenvalue weighted by molar-refractivity contribution is 8.13. The van der Waals surface area contributed by atoms with Gasteiger partial charge in [-0.1, -0.05) is 0 Å². The van der Waals surface area contributed by atoms with Crippen LogP contribution in [0.1, 0.15) is 16.8 Å². The van der Waals surface area contributed by atoms with E-state index >= 15 is 0 Å². The highest BCUT2D eigenvalue weighted by atomic mass is 35.7. The lowest BCUT2D eigenvalue weighted by atomic mass is 10.1. The summed E-state index contributed by atoms with van der Waals surface area (Å²) in [6.07, 6.45) is 0.675. The van der Waals surface area contributed by atoms with Gasteiger partial charge >= 0.3 is 5.97 Å². The molecule has 1 saturated heterocycles. The number of esters is 1. The molecule has 0 spiro atoms. The van der Waals surface area contributed by atoms with Crippen LogP contribution < -0.4 is 0 Å². The van der Waals surface area contributed by atoms with Crippen molar-refractivity contribution in [1.82, 2.24) is 0 Å². The minimum absolute atomic E-state index is 0.0417. The third-order valence-electron chi connectivity index (χ3n) is 3.00. The van der Waals surface area contributed by atoms with Crippen molar-refractivity contribution in [2.45, 2.75) is 11.3 Å². The van der Waals surface area contributed by atoms with Crippen molar-refractivity contribution >= 4 is 25.7 Å². The van der Waals surface area contributed by atoms with Gasteiger partial charge in [-0.25, -0.2) is 22.0 Å². The predicted molar refractivity (Wildman–Crippen MR) is 68.6 cm³/mol. The van der Waals surface area contributed by atoms with Gasteiger partial charge in [0.1, 0.15) is 16.3 Å². The summed E-state index contributed by atoms with van der Waals surface area (Å²) >= 11 is 0. The van der Waals surface area contributed by atoms with Crippen LogP contribution in [0, 0.1) is 17.6 Å². The van der Waals surface area contributed by atoms with E-state index in [1.165, 1.54) is 0 Å². The average molecular weight is 341 g/mol. The lowest BCUT2D eigenvalue weighted by Gasteiger charge is -2.11. The summed E-state index contributed by atoms with van der Waals surface area (Å²) in [7, 11) is 0.581. The van der Waals surface area contributed by atoms with Crippen molar-refractivity contribution in [3.63, 3.8) is 0 Å². The molecule has 1 aliphatic heterocycles. The maximum atomic E-state index is 14.0. The Kier molecular flexibility index (Phi) is 4.80. The number of halogens is 3.